The summed E-state index contributed by atoms with van der Waals surface area (Å²) < 4.78 is 13.5. The highest BCUT2D eigenvalue weighted by atomic mass is 19.1. The summed E-state index contributed by atoms with van der Waals surface area (Å²) in [4.78, 5) is 13.9. The Labute approximate surface area is 107 Å². The molecule has 0 aromatic heterocycles. The van der Waals surface area contributed by atoms with E-state index in [9.17, 15) is 9.18 Å². The summed E-state index contributed by atoms with van der Waals surface area (Å²) in [5, 5.41) is 3.22. The smallest absolute Gasteiger partial charge is 0.227 e. The Bertz CT molecular complexity index is 414. The Kier molecular flexibility index (Phi) is 4.31. The molecule has 1 aliphatic rings. The van der Waals surface area contributed by atoms with Crippen LogP contribution in [-0.4, -0.2) is 37.0 Å². The Morgan fingerprint density at radius 1 is 1.39 bits per heavy atom. The highest BCUT2D eigenvalue weighted by molar-refractivity contribution is 5.78. The number of hydrogen-bond acceptors (Lipinski definition) is 2. The van der Waals surface area contributed by atoms with E-state index in [1.165, 1.54) is 6.07 Å². The Hall–Kier alpha value is -1.42. The zero-order valence-corrected chi connectivity index (χ0v) is 10.7. The number of hydrogen-bond donors (Lipinski definition) is 1. The molecule has 1 aromatic rings. The zero-order valence-electron chi connectivity index (χ0n) is 10.7. The van der Waals surface area contributed by atoms with Gasteiger partial charge in [-0.05, 0) is 31.5 Å². The van der Waals surface area contributed by atoms with Gasteiger partial charge in [0, 0.05) is 19.1 Å². The van der Waals surface area contributed by atoms with Gasteiger partial charge in [0.25, 0.3) is 0 Å². The zero-order chi connectivity index (χ0) is 13.0. The molecule has 1 heterocycles. The standard InChI is InChI=1S/C14H19FN2O/c1-16-12-6-8-17(9-7-12)14(18)10-11-4-2-3-5-13(11)15/h2-5,12,16H,6-10H2,1H3. The third kappa shape index (κ3) is 3.07. The second kappa shape index (κ2) is 5.96. The lowest BCUT2D eigenvalue weighted by Gasteiger charge is -2.31. The normalized spacial score (nSPS) is 16.9. The summed E-state index contributed by atoms with van der Waals surface area (Å²) in [5.74, 6) is -0.273. The Balaban J connectivity index is 1.91. The fourth-order valence-electron chi connectivity index (χ4n) is 2.33. The molecule has 1 N–H and O–H groups in total. The van der Waals surface area contributed by atoms with Gasteiger partial charge >= 0.3 is 0 Å². The van der Waals surface area contributed by atoms with Gasteiger partial charge < -0.3 is 10.2 Å². The molecule has 0 radical (unpaired) electrons. The molecule has 1 fully saturated rings. The SMILES string of the molecule is CNC1CCN(C(=O)Cc2ccccc2F)CC1. The first-order valence-corrected chi connectivity index (χ1v) is 6.39. The molecule has 0 aliphatic carbocycles. The molecule has 1 amide bonds. The molecule has 0 saturated carbocycles. The van der Waals surface area contributed by atoms with Crippen LogP contribution >= 0.6 is 0 Å². The summed E-state index contributed by atoms with van der Waals surface area (Å²) in [6, 6.07) is 6.98. The monoisotopic (exact) mass is 250 g/mol. The summed E-state index contributed by atoms with van der Waals surface area (Å²) in [6.07, 6.45) is 2.11. The number of amides is 1. The Morgan fingerprint density at radius 3 is 2.67 bits per heavy atom. The van der Waals surface area contributed by atoms with Gasteiger partial charge in [-0.3, -0.25) is 4.79 Å². The first-order chi connectivity index (χ1) is 8.70. The van der Waals surface area contributed by atoms with Crippen LogP contribution in [0.3, 0.4) is 0 Å². The van der Waals surface area contributed by atoms with Crippen molar-refractivity contribution in [3.63, 3.8) is 0 Å². The van der Waals surface area contributed by atoms with Crippen molar-refractivity contribution < 1.29 is 9.18 Å². The lowest BCUT2D eigenvalue weighted by atomic mass is 10.0. The van der Waals surface area contributed by atoms with E-state index in [1.54, 1.807) is 18.2 Å². The summed E-state index contributed by atoms with van der Waals surface area (Å²) in [5.41, 5.74) is 0.484. The minimum Gasteiger partial charge on any atom is -0.342 e. The lowest BCUT2D eigenvalue weighted by molar-refractivity contribution is -0.131. The number of benzene rings is 1. The number of carbonyl (C=O) groups excluding carboxylic acids is 1. The van der Waals surface area contributed by atoms with Gasteiger partial charge in [0.1, 0.15) is 5.82 Å². The maximum absolute atomic E-state index is 13.5. The molecule has 1 aromatic carbocycles. The summed E-state index contributed by atoms with van der Waals surface area (Å²) >= 11 is 0. The van der Waals surface area contributed by atoms with Crippen molar-refractivity contribution in [3.8, 4) is 0 Å². The number of rotatable bonds is 3. The van der Waals surface area contributed by atoms with Crippen molar-refractivity contribution >= 4 is 5.91 Å². The molecule has 3 nitrogen and oxygen atoms in total. The van der Waals surface area contributed by atoms with Crippen LogP contribution in [0.15, 0.2) is 24.3 Å². The lowest BCUT2D eigenvalue weighted by Crippen LogP contribution is -2.44. The number of halogens is 1. The topological polar surface area (TPSA) is 32.3 Å². The van der Waals surface area contributed by atoms with Crippen LogP contribution in [0, 0.1) is 5.82 Å². The third-order valence-electron chi connectivity index (χ3n) is 3.56. The van der Waals surface area contributed by atoms with E-state index in [4.69, 9.17) is 0 Å². The van der Waals surface area contributed by atoms with E-state index in [1.807, 2.05) is 11.9 Å². The molecule has 0 unspecified atom stereocenters. The molecule has 0 spiro atoms. The Morgan fingerprint density at radius 2 is 2.06 bits per heavy atom. The average molecular weight is 250 g/mol. The number of nitrogens with zero attached hydrogens (tertiary/aromatic N) is 1. The number of nitrogens with one attached hydrogen (secondary N) is 1. The molecule has 98 valence electrons. The predicted octanol–water partition coefficient (Wildman–Crippen LogP) is 1.58. The quantitative estimate of drug-likeness (QED) is 0.883. The predicted molar refractivity (Wildman–Crippen MR) is 68.8 cm³/mol. The molecule has 1 saturated heterocycles. The second-order valence-electron chi connectivity index (χ2n) is 4.71. The first-order valence-electron chi connectivity index (χ1n) is 6.39. The van der Waals surface area contributed by atoms with Gasteiger partial charge in [-0.2, -0.15) is 0 Å². The van der Waals surface area contributed by atoms with Crippen LogP contribution in [0.1, 0.15) is 18.4 Å². The fraction of sp³-hybridized carbons (Fsp3) is 0.500. The highest BCUT2D eigenvalue weighted by Gasteiger charge is 2.22. The second-order valence-corrected chi connectivity index (χ2v) is 4.71. The van der Waals surface area contributed by atoms with Gasteiger partial charge in [0.15, 0.2) is 0 Å². The van der Waals surface area contributed by atoms with Gasteiger partial charge in [0.2, 0.25) is 5.91 Å². The third-order valence-corrected chi connectivity index (χ3v) is 3.56. The van der Waals surface area contributed by atoms with Gasteiger partial charge in [-0.15, -0.1) is 0 Å². The van der Waals surface area contributed by atoms with Crippen molar-refractivity contribution in [1.82, 2.24) is 10.2 Å². The van der Waals surface area contributed by atoms with Crippen LogP contribution in [0.4, 0.5) is 4.39 Å². The maximum atomic E-state index is 13.5. The number of carbonyl (C=O) groups is 1. The fourth-order valence-corrected chi connectivity index (χ4v) is 2.33. The summed E-state index contributed by atoms with van der Waals surface area (Å²) in [7, 11) is 1.95. The molecular formula is C14H19FN2O. The minimum absolute atomic E-state index is 0.0228. The van der Waals surface area contributed by atoms with Crippen LogP contribution in [0.25, 0.3) is 0 Å². The van der Waals surface area contributed by atoms with Gasteiger partial charge in [-0.25, -0.2) is 4.39 Å². The van der Waals surface area contributed by atoms with Crippen molar-refractivity contribution in [2.75, 3.05) is 20.1 Å². The van der Waals surface area contributed by atoms with E-state index in [2.05, 4.69) is 5.32 Å². The number of likely N-dealkylation sites (tertiary alicyclic amines) is 1. The summed E-state index contributed by atoms with van der Waals surface area (Å²) in [6.45, 7) is 1.53. The largest absolute Gasteiger partial charge is 0.342 e. The van der Waals surface area contributed by atoms with Crippen LogP contribution in [0.2, 0.25) is 0 Å². The van der Waals surface area contributed by atoms with E-state index in [0.29, 0.717) is 11.6 Å². The van der Waals surface area contributed by atoms with E-state index in [-0.39, 0.29) is 18.1 Å². The highest BCUT2D eigenvalue weighted by Crippen LogP contribution is 2.13. The van der Waals surface area contributed by atoms with Crippen molar-refractivity contribution in [1.29, 1.82) is 0 Å². The first kappa shape index (κ1) is 13.0. The van der Waals surface area contributed by atoms with Crippen LogP contribution in [0.5, 0.6) is 0 Å². The molecule has 4 heteroatoms. The van der Waals surface area contributed by atoms with E-state index < -0.39 is 0 Å². The van der Waals surface area contributed by atoms with E-state index in [0.717, 1.165) is 25.9 Å². The van der Waals surface area contributed by atoms with Crippen molar-refractivity contribution in [2.45, 2.75) is 25.3 Å². The average Bonchev–Trinajstić information content (AvgIpc) is 2.41. The van der Waals surface area contributed by atoms with E-state index >= 15 is 0 Å². The van der Waals surface area contributed by atoms with Crippen LogP contribution < -0.4 is 5.32 Å². The van der Waals surface area contributed by atoms with Gasteiger partial charge in [-0.1, -0.05) is 18.2 Å². The minimum atomic E-state index is -0.295. The van der Waals surface area contributed by atoms with Crippen molar-refractivity contribution in [2.24, 2.45) is 0 Å². The molecule has 18 heavy (non-hydrogen) atoms. The molecular weight excluding hydrogens is 231 g/mol. The number of piperidine rings is 1. The van der Waals surface area contributed by atoms with Gasteiger partial charge in [0.05, 0.1) is 6.42 Å². The molecule has 0 bridgehead atoms. The van der Waals surface area contributed by atoms with Crippen molar-refractivity contribution in [3.05, 3.63) is 35.6 Å². The maximum Gasteiger partial charge on any atom is 0.227 e. The van der Waals surface area contributed by atoms with Crippen LogP contribution in [-0.2, 0) is 11.2 Å². The molecule has 1 aliphatic heterocycles. The molecule has 2 rings (SSSR count). The molecule has 0 atom stereocenters.